The predicted octanol–water partition coefficient (Wildman–Crippen LogP) is 4.98. The van der Waals surface area contributed by atoms with Crippen LogP contribution in [0.4, 0.5) is 11.4 Å². The monoisotopic (exact) mass is 434 g/mol. The first kappa shape index (κ1) is 20.2. The normalized spacial score (nSPS) is 11.1. The zero-order valence-electron chi connectivity index (χ0n) is 14.5. The second kappa shape index (κ2) is 8.65. The van der Waals surface area contributed by atoms with Crippen LogP contribution in [0.5, 0.6) is 0 Å². The molecule has 1 amide bonds. The topological polar surface area (TPSA) is 75.3 Å². The number of amides is 1. The molecule has 144 valence electrons. The van der Waals surface area contributed by atoms with E-state index in [1.165, 1.54) is 18.2 Å². The van der Waals surface area contributed by atoms with Crippen LogP contribution in [0, 0.1) is 0 Å². The first-order valence-corrected chi connectivity index (χ1v) is 10.5. The van der Waals surface area contributed by atoms with Gasteiger partial charge in [-0.25, -0.2) is 8.42 Å². The minimum absolute atomic E-state index is 0.00761. The lowest BCUT2D eigenvalue weighted by Gasteiger charge is -2.10. The van der Waals surface area contributed by atoms with Crippen LogP contribution >= 0.6 is 23.2 Å². The maximum absolute atomic E-state index is 12.5. The number of hydrogen-bond donors (Lipinski definition) is 2. The van der Waals surface area contributed by atoms with Gasteiger partial charge in [-0.2, -0.15) is 0 Å². The Morgan fingerprint density at radius 3 is 2.14 bits per heavy atom. The highest BCUT2D eigenvalue weighted by atomic mass is 35.5. The van der Waals surface area contributed by atoms with Gasteiger partial charge in [-0.15, -0.1) is 0 Å². The third-order valence-corrected chi connectivity index (χ3v) is 5.95. The molecule has 0 aromatic heterocycles. The Morgan fingerprint density at radius 1 is 0.821 bits per heavy atom. The quantitative estimate of drug-likeness (QED) is 0.574. The molecule has 0 atom stereocenters. The number of para-hydroxylation sites is 1. The molecule has 0 saturated carbocycles. The first-order chi connectivity index (χ1) is 13.3. The lowest BCUT2D eigenvalue weighted by molar-refractivity contribution is -0.115. The van der Waals surface area contributed by atoms with E-state index in [0.717, 1.165) is 11.3 Å². The van der Waals surface area contributed by atoms with Gasteiger partial charge in [-0.05, 0) is 48.0 Å². The Balaban J connectivity index is 1.65. The molecule has 5 nitrogen and oxygen atoms in total. The van der Waals surface area contributed by atoms with E-state index in [1.807, 2.05) is 18.2 Å². The van der Waals surface area contributed by atoms with E-state index in [4.69, 9.17) is 23.2 Å². The van der Waals surface area contributed by atoms with Crippen LogP contribution in [0.1, 0.15) is 5.56 Å². The van der Waals surface area contributed by atoms with E-state index in [1.54, 1.807) is 36.4 Å². The summed E-state index contributed by atoms with van der Waals surface area (Å²) in [6, 6.07) is 19.8. The fourth-order valence-corrected chi connectivity index (χ4v) is 3.91. The van der Waals surface area contributed by atoms with Crippen molar-refractivity contribution in [3.8, 4) is 0 Å². The van der Waals surface area contributed by atoms with Crippen LogP contribution in [-0.4, -0.2) is 14.3 Å². The molecule has 28 heavy (non-hydrogen) atoms. The number of carbonyl (C=O) groups is 1. The zero-order chi connectivity index (χ0) is 20.1. The van der Waals surface area contributed by atoms with Gasteiger partial charge >= 0.3 is 0 Å². The van der Waals surface area contributed by atoms with Crippen molar-refractivity contribution in [2.75, 3.05) is 10.0 Å². The molecule has 8 heteroatoms. The number of rotatable bonds is 6. The smallest absolute Gasteiger partial charge is 0.261 e. The second-order valence-corrected chi connectivity index (χ2v) is 8.47. The molecule has 2 N–H and O–H groups in total. The van der Waals surface area contributed by atoms with Crippen molar-refractivity contribution >= 4 is 50.5 Å². The van der Waals surface area contributed by atoms with E-state index in [-0.39, 0.29) is 27.3 Å². The van der Waals surface area contributed by atoms with Crippen molar-refractivity contribution in [3.05, 3.63) is 88.4 Å². The van der Waals surface area contributed by atoms with Crippen molar-refractivity contribution in [2.45, 2.75) is 11.3 Å². The number of halogens is 2. The average molecular weight is 435 g/mol. The minimum atomic E-state index is -3.80. The van der Waals surface area contributed by atoms with Crippen molar-refractivity contribution in [1.29, 1.82) is 0 Å². The van der Waals surface area contributed by atoms with Crippen LogP contribution in [-0.2, 0) is 21.2 Å². The largest absolute Gasteiger partial charge is 0.326 e. The highest BCUT2D eigenvalue weighted by molar-refractivity contribution is 7.92. The summed E-state index contributed by atoms with van der Waals surface area (Å²) in [6.45, 7) is 0. The van der Waals surface area contributed by atoms with Gasteiger partial charge in [-0.1, -0.05) is 53.5 Å². The van der Waals surface area contributed by atoms with E-state index in [9.17, 15) is 13.2 Å². The molecular weight excluding hydrogens is 419 g/mol. The highest BCUT2D eigenvalue weighted by Crippen LogP contribution is 2.26. The molecule has 3 aromatic rings. The molecule has 0 bridgehead atoms. The number of nitrogens with one attached hydrogen (secondary N) is 2. The number of sulfonamides is 1. The molecule has 0 fully saturated rings. The Morgan fingerprint density at radius 2 is 1.50 bits per heavy atom. The summed E-state index contributed by atoms with van der Waals surface area (Å²) in [5, 5.41) is 3.23. The molecule has 3 rings (SSSR count). The van der Waals surface area contributed by atoms with Gasteiger partial charge in [0, 0.05) is 11.4 Å². The van der Waals surface area contributed by atoms with Crippen LogP contribution < -0.4 is 10.0 Å². The molecule has 0 radical (unpaired) electrons. The lowest BCUT2D eigenvalue weighted by Crippen LogP contribution is -2.15. The van der Waals surface area contributed by atoms with Gasteiger partial charge < -0.3 is 5.32 Å². The Labute approximate surface area is 173 Å². The third-order valence-electron chi connectivity index (χ3n) is 3.83. The summed E-state index contributed by atoms with van der Waals surface area (Å²) >= 11 is 11.7. The van der Waals surface area contributed by atoms with Gasteiger partial charge in [0.25, 0.3) is 10.0 Å². The minimum Gasteiger partial charge on any atom is -0.326 e. The van der Waals surface area contributed by atoms with Crippen molar-refractivity contribution in [2.24, 2.45) is 0 Å². The fraction of sp³-hybridized carbons (Fsp3) is 0.0500. The summed E-state index contributed by atoms with van der Waals surface area (Å²) in [4.78, 5) is 12.1. The summed E-state index contributed by atoms with van der Waals surface area (Å²) in [5.74, 6) is -0.157. The van der Waals surface area contributed by atoms with Crippen molar-refractivity contribution in [1.82, 2.24) is 0 Å². The summed E-state index contributed by atoms with van der Waals surface area (Å²) in [6.07, 6.45) is 0.175. The fourth-order valence-electron chi connectivity index (χ4n) is 2.46. The molecule has 0 aliphatic heterocycles. The van der Waals surface area contributed by atoms with Crippen LogP contribution in [0.2, 0.25) is 10.0 Å². The SMILES string of the molecule is O=C(Cc1ccc(NS(=O)(=O)c2ccc(Cl)c(Cl)c2)cc1)Nc1ccccc1. The summed E-state index contributed by atoms with van der Waals surface area (Å²) < 4.78 is 27.4. The first-order valence-electron chi connectivity index (χ1n) is 8.25. The van der Waals surface area contributed by atoms with Crippen molar-refractivity contribution in [3.63, 3.8) is 0 Å². The molecular formula is C20H16Cl2N2O3S. The number of benzene rings is 3. The second-order valence-electron chi connectivity index (χ2n) is 5.97. The predicted molar refractivity (Wildman–Crippen MR) is 112 cm³/mol. The van der Waals surface area contributed by atoms with Crippen LogP contribution in [0.25, 0.3) is 0 Å². The van der Waals surface area contributed by atoms with Crippen LogP contribution in [0.15, 0.2) is 77.7 Å². The van der Waals surface area contributed by atoms with E-state index in [2.05, 4.69) is 10.0 Å². The Bertz CT molecular complexity index is 1090. The third kappa shape index (κ3) is 5.25. The standard InChI is InChI=1S/C20H16Cl2N2O3S/c21-18-11-10-17(13-19(18)22)28(26,27)24-16-8-6-14(7-9-16)12-20(25)23-15-4-2-1-3-5-15/h1-11,13,24H,12H2,(H,23,25). The highest BCUT2D eigenvalue weighted by Gasteiger charge is 2.16. The number of carbonyl (C=O) groups excluding carboxylic acids is 1. The number of anilines is 2. The van der Waals surface area contributed by atoms with Gasteiger partial charge in [-0.3, -0.25) is 9.52 Å². The lowest BCUT2D eigenvalue weighted by atomic mass is 10.1. The van der Waals surface area contributed by atoms with Gasteiger partial charge in [0.2, 0.25) is 5.91 Å². The molecule has 0 aliphatic carbocycles. The molecule has 0 unspecified atom stereocenters. The van der Waals surface area contributed by atoms with Crippen molar-refractivity contribution < 1.29 is 13.2 Å². The van der Waals surface area contributed by atoms with E-state index < -0.39 is 10.0 Å². The summed E-state index contributed by atoms with van der Waals surface area (Å²) in [5.41, 5.74) is 1.85. The maximum Gasteiger partial charge on any atom is 0.261 e. The molecule has 0 heterocycles. The molecule has 3 aromatic carbocycles. The molecule has 0 spiro atoms. The average Bonchev–Trinajstić information content (AvgIpc) is 2.66. The zero-order valence-corrected chi connectivity index (χ0v) is 16.9. The maximum atomic E-state index is 12.5. The number of hydrogen-bond acceptors (Lipinski definition) is 3. The Kier molecular flexibility index (Phi) is 6.24. The van der Waals surface area contributed by atoms with Gasteiger partial charge in [0.1, 0.15) is 0 Å². The summed E-state index contributed by atoms with van der Waals surface area (Å²) in [7, 11) is -3.80. The molecule has 0 aliphatic rings. The van der Waals surface area contributed by atoms with Crippen LogP contribution in [0.3, 0.4) is 0 Å². The van der Waals surface area contributed by atoms with E-state index in [0.29, 0.717) is 5.69 Å². The van der Waals surface area contributed by atoms with Gasteiger partial charge in [0.05, 0.1) is 21.4 Å². The van der Waals surface area contributed by atoms with E-state index >= 15 is 0 Å². The Hall–Kier alpha value is -2.54. The van der Waals surface area contributed by atoms with Gasteiger partial charge in [0.15, 0.2) is 0 Å². The molecule has 0 saturated heterocycles.